The van der Waals surface area contributed by atoms with Crippen molar-refractivity contribution in [1.29, 1.82) is 0 Å². The average Bonchev–Trinajstić information content (AvgIpc) is 2.78. The zero-order valence-electron chi connectivity index (χ0n) is 15.5. The highest BCUT2D eigenvalue weighted by molar-refractivity contribution is 6.03. The van der Waals surface area contributed by atoms with Gasteiger partial charge in [0.2, 0.25) is 17.7 Å². The Morgan fingerprint density at radius 1 is 1.25 bits per heavy atom. The summed E-state index contributed by atoms with van der Waals surface area (Å²) >= 11 is 0. The number of nitrogens with zero attached hydrogens (tertiary/aromatic N) is 1. The Labute approximate surface area is 145 Å². The Morgan fingerprint density at radius 2 is 1.96 bits per heavy atom. The molecular weight excluding hydrogens is 308 g/mol. The van der Waals surface area contributed by atoms with E-state index in [2.05, 4.69) is 19.2 Å². The number of hydrogen-bond acceptors (Lipinski definition) is 4. The Kier molecular flexibility index (Phi) is 8.97. The predicted octanol–water partition coefficient (Wildman–Crippen LogP) is 1.98. The highest BCUT2D eigenvalue weighted by Gasteiger charge is 2.39. The molecule has 138 valence electrons. The Hall–Kier alpha value is -1.43. The Morgan fingerprint density at radius 3 is 2.54 bits per heavy atom. The molecule has 0 bridgehead atoms. The lowest BCUT2D eigenvalue weighted by Gasteiger charge is -2.16. The lowest BCUT2D eigenvalue weighted by atomic mass is 9.94. The molecular formula is C18H32N2O4. The highest BCUT2D eigenvalue weighted by Crippen LogP contribution is 2.25. The van der Waals surface area contributed by atoms with Crippen molar-refractivity contribution in [2.75, 3.05) is 26.3 Å². The van der Waals surface area contributed by atoms with Gasteiger partial charge < -0.3 is 10.1 Å². The SMILES string of the molecule is CC(C)CCCOCCC(=O)NCCN1C(=O)CC(C(C)C)C1=O. The van der Waals surface area contributed by atoms with E-state index in [1.165, 1.54) is 4.90 Å². The zero-order valence-corrected chi connectivity index (χ0v) is 15.5. The minimum Gasteiger partial charge on any atom is -0.381 e. The van der Waals surface area contributed by atoms with Gasteiger partial charge >= 0.3 is 0 Å². The van der Waals surface area contributed by atoms with E-state index in [0.29, 0.717) is 32.1 Å². The second-order valence-electron chi connectivity index (χ2n) is 7.19. The molecule has 0 radical (unpaired) electrons. The standard InChI is InChI=1S/C18H32N2O4/c1-13(2)6-5-10-24-11-7-16(21)19-8-9-20-17(22)12-15(14(3)4)18(20)23/h13-15H,5-12H2,1-4H3,(H,19,21). The number of carbonyl (C=O) groups is 3. The number of amides is 3. The molecule has 3 amide bonds. The topological polar surface area (TPSA) is 75.7 Å². The third kappa shape index (κ3) is 6.99. The van der Waals surface area contributed by atoms with Crippen molar-refractivity contribution in [2.45, 2.75) is 53.4 Å². The maximum absolute atomic E-state index is 12.1. The molecule has 1 aliphatic rings. The van der Waals surface area contributed by atoms with E-state index in [9.17, 15) is 14.4 Å². The Bertz CT molecular complexity index is 435. The molecule has 1 unspecified atom stereocenters. The highest BCUT2D eigenvalue weighted by atomic mass is 16.5. The van der Waals surface area contributed by atoms with E-state index >= 15 is 0 Å². The second-order valence-corrected chi connectivity index (χ2v) is 7.19. The zero-order chi connectivity index (χ0) is 18.1. The van der Waals surface area contributed by atoms with Gasteiger partial charge in [-0.3, -0.25) is 19.3 Å². The van der Waals surface area contributed by atoms with E-state index in [1.54, 1.807) is 0 Å². The Balaban J connectivity index is 2.13. The summed E-state index contributed by atoms with van der Waals surface area (Å²) in [5.74, 6) is 0.252. The molecule has 0 aromatic carbocycles. The number of carbonyl (C=O) groups excluding carboxylic acids is 3. The van der Waals surface area contributed by atoms with Crippen molar-refractivity contribution in [3.8, 4) is 0 Å². The third-order valence-electron chi connectivity index (χ3n) is 4.28. The van der Waals surface area contributed by atoms with Gasteiger partial charge in [0, 0.05) is 38.5 Å². The number of likely N-dealkylation sites (tertiary alicyclic amines) is 1. The maximum Gasteiger partial charge on any atom is 0.233 e. The molecule has 6 heteroatoms. The van der Waals surface area contributed by atoms with Crippen molar-refractivity contribution in [2.24, 2.45) is 17.8 Å². The summed E-state index contributed by atoms with van der Waals surface area (Å²) in [5.41, 5.74) is 0. The van der Waals surface area contributed by atoms with Crippen LogP contribution in [0.15, 0.2) is 0 Å². The fourth-order valence-electron chi connectivity index (χ4n) is 2.72. The average molecular weight is 340 g/mol. The van der Waals surface area contributed by atoms with Crippen LogP contribution in [0, 0.1) is 17.8 Å². The van der Waals surface area contributed by atoms with E-state index in [0.717, 1.165) is 12.8 Å². The van der Waals surface area contributed by atoms with Crippen LogP contribution >= 0.6 is 0 Å². The van der Waals surface area contributed by atoms with Gasteiger partial charge in [-0.25, -0.2) is 0 Å². The first-order chi connectivity index (χ1) is 11.3. The van der Waals surface area contributed by atoms with E-state index in [1.807, 2.05) is 13.8 Å². The van der Waals surface area contributed by atoms with E-state index < -0.39 is 0 Å². The maximum atomic E-state index is 12.1. The van der Waals surface area contributed by atoms with Gasteiger partial charge in [-0.1, -0.05) is 27.7 Å². The molecule has 6 nitrogen and oxygen atoms in total. The van der Waals surface area contributed by atoms with Crippen LogP contribution in [-0.2, 0) is 19.1 Å². The van der Waals surface area contributed by atoms with Crippen LogP contribution < -0.4 is 5.32 Å². The molecule has 0 spiro atoms. The molecule has 24 heavy (non-hydrogen) atoms. The molecule has 1 rings (SSSR count). The van der Waals surface area contributed by atoms with Crippen LogP contribution in [0.1, 0.15) is 53.4 Å². The van der Waals surface area contributed by atoms with Crippen molar-refractivity contribution in [1.82, 2.24) is 10.2 Å². The summed E-state index contributed by atoms with van der Waals surface area (Å²) in [6.07, 6.45) is 2.73. The van der Waals surface area contributed by atoms with Crippen LogP contribution in [-0.4, -0.2) is 48.9 Å². The first kappa shape index (κ1) is 20.6. The van der Waals surface area contributed by atoms with Gasteiger partial charge in [0.1, 0.15) is 0 Å². The molecule has 0 aromatic heterocycles. The molecule has 1 fully saturated rings. The van der Waals surface area contributed by atoms with Crippen LogP contribution in [0.4, 0.5) is 0 Å². The molecule has 1 heterocycles. The van der Waals surface area contributed by atoms with Crippen LogP contribution in [0.3, 0.4) is 0 Å². The molecule has 1 N–H and O–H groups in total. The monoisotopic (exact) mass is 340 g/mol. The fourth-order valence-corrected chi connectivity index (χ4v) is 2.72. The minimum atomic E-state index is -0.215. The van der Waals surface area contributed by atoms with Crippen molar-refractivity contribution < 1.29 is 19.1 Å². The van der Waals surface area contributed by atoms with E-state index in [4.69, 9.17) is 4.74 Å². The summed E-state index contributed by atoms with van der Waals surface area (Å²) < 4.78 is 5.43. The number of rotatable bonds is 11. The molecule has 1 saturated heterocycles. The summed E-state index contributed by atoms with van der Waals surface area (Å²) in [6.45, 7) is 9.88. The predicted molar refractivity (Wildman–Crippen MR) is 92.2 cm³/mol. The smallest absolute Gasteiger partial charge is 0.233 e. The van der Waals surface area contributed by atoms with Gasteiger partial charge in [-0.2, -0.15) is 0 Å². The van der Waals surface area contributed by atoms with Gasteiger partial charge in [0.15, 0.2) is 0 Å². The van der Waals surface area contributed by atoms with Gasteiger partial charge in [0.25, 0.3) is 0 Å². The van der Waals surface area contributed by atoms with Crippen molar-refractivity contribution >= 4 is 17.7 Å². The lowest BCUT2D eigenvalue weighted by molar-refractivity contribution is -0.140. The van der Waals surface area contributed by atoms with Crippen LogP contribution in [0.5, 0.6) is 0 Å². The summed E-state index contributed by atoms with van der Waals surface area (Å²) in [4.78, 5) is 37.0. The van der Waals surface area contributed by atoms with Crippen LogP contribution in [0.2, 0.25) is 0 Å². The largest absolute Gasteiger partial charge is 0.381 e. The second kappa shape index (κ2) is 10.4. The van der Waals surface area contributed by atoms with Crippen molar-refractivity contribution in [3.05, 3.63) is 0 Å². The minimum absolute atomic E-state index is 0.113. The lowest BCUT2D eigenvalue weighted by Crippen LogP contribution is -2.39. The van der Waals surface area contributed by atoms with Crippen LogP contribution in [0.25, 0.3) is 0 Å². The number of hydrogen-bond donors (Lipinski definition) is 1. The quantitative estimate of drug-likeness (QED) is 0.461. The molecule has 1 aliphatic heterocycles. The molecule has 0 saturated carbocycles. The third-order valence-corrected chi connectivity index (χ3v) is 4.28. The number of imide groups is 1. The molecule has 0 aliphatic carbocycles. The summed E-state index contributed by atoms with van der Waals surface area (Å²) in [6, 6.07) is 0. The van der Waals surface area contributed by atoms with Crippen molar-refractivity contribution in [3.63, 3.8) is 0 Å². The van der Waals surface area contributed by atoms with Gasteiger partial charge in [-0.15, -0.1) is 0 Å². The number of ether oxygens (including phenoxy) is 1. The number of nitrogens with one attached hydrogen (secondary N) is 1. The van der Waals surface area contributed by atoms with E-state index in [-0.39, 0.29) is 42.5 Å². The normalized spacial score (nSPS) is 18.1. The first-order valence-corrected chi connectivity index (χ1v) is 9.01. The first-order valence-electron chi connectivity index (χ1n) is 9.01. The summed E-state index contributed by atoms with van der Waals surface area (Å²) in [5, 5.41) is 2.74. The summed E-state index contributed by atoms with van der Waals surface area (Å²) in [7, 11) is 0. The molecule has 1 atom stereocenters. The fraction of sp³-hybridized carbons (Fsp3) is 0.833. The van der Waals surface area contributed by atoms with Gasteiger partial charge in [-0.05, 0) is 24.7 Å². The molecule has 0 aromatic rings. The van der Waals surface area contributed by atoms with Gasteiger partial charge in [0.05, 0.1) is 6.61 Å².